The van der Waals surface area contributed by atoms with E-state index in [2.05, 4.69) is 29.6 Å². The highest BCUT2D eigenvalue weighted by Gasteiger charge is 2.48. The van der Waals surface area contributed by atoms with E-state index in [-0.39, 0.29) is 37.7 Å². The van der Waals surface area contributed by atoms with Gasteiger partial charge in [-0.25, -0.2) is 9.59 Å². The summed E-state index contributed by atoms with van der Waals surface area (Å²) in [7, 11) is 0. The van der Waals surface area contributed by atoms with Gasteiger partial charge in [-0.3, -0.25) is 4.79 Å². The molecule has 2 amide bonds. The topological polar surface area (TPSA) is 105 Å². The van der Waals surface area contributed by atoms with Crippen LogP contribution in [-0.2, 0) is 19.1 Å². The number of fused-ring (bicyclic) bond motifs is 3. The molecule has 0 spiro atoms. The lowest BCUT2D eigenvalue weighted by Crippen LogP contribution is -2.52. The first kappa shape index (κ1) is 23.4. The average Bonchev–Trinajstić information content (AvgIpc) is 3.57. The average molecular weight is 479 g/mol. The fourth-order valence-electron chi connectivity index (χ4n) is 5.63. The van der Waals surface area contributed by atoms with E-state index in [0.29, 0.717) is 25.8 Å². The van der Waals surface area contributed by atoms with Crippen LogP contribution in [0.2, 0.25) is 0 Å². The summed E-state index contributed by atoms with van der Waals surface area (Å²) in [5.74, 6) is -1.57. The predicted molar refractivity (Wildman–Crippen MR) is 128 cm³/mol. The van der Waals surface area contributed by atoms with Gasteiger partial charge in [-0.1, -0.05) is 48.5 Å². The van der Waals surface area contributed by atoms with Crippen molar-refractivity contribution in [2.45, 2.75) is 43.7 Å². The van der Waals surface area contributed by atoms with Crippen molar-refractivity contribution in [3.63, 3.8) is 0 Å². The SMILES string of the molecule is CC1(C(=O)O)CCCN1C(=O)C1COC(CNC(=O)OCC2c3ccccc3-c3ccccc32)C1. The third-order valence-electron chi connectivity index (χ3n) is 7.62. The molecule has 2 aromatic carbocycles. The number of hydrogen-bond donors (Lipinski definition) is 2. The molecular weight excluding hydrogens is 448 g/mol. The number of carboxylic acids is 1. The molecule has 8 nitrogen and oxygen atoms in total. The molecular formula is C27H30N2O6. The van der Waals surface area contributed by atoms with E-state index in [9.17, 15) is 19.5 Å². The number of nitrogens with one attached hydrogen (secondary N) is 1. The molecule has 0 bridgehead atoms. The lowest BCUT2D eigenvalue weighted by molar-refractivity contribution is -0.157. The van der Waals surface area contributed by atoms with Gasteiger partial charge in [0.05, 0.1) is 18.6 Å². The van der Waals surface area contributed by atoms with Crippen LogP contribution in [0.3, 0.4) is 0 Å². The zero-order valence-electron chi connectivity index (χ0n) is 19.7. The molecule has 2 aromatic rings. The van der Waals surface area contributed by atoms with Crippen LogP contribution in [0, 0.1) is 5.92 Å². The summed E-state index contributed by atoms with van der Waals surface area (Å²) in [6, 6.07) is 16.3. The first-order valence-corrected chi connectivity index (χ1v) is 12.1. The Morgan fingerprint density at radius 3 is 2.43 bits per heavy atom. The molecule has 3 unspecified atom stereocenters. The number of hydrogen-bond acceptors (Lipinski definition) is 5. The molecule has 2 fully saturated rings. The third kappa shape index (κ3) is 4.27. The Kier molecular flexibility index (Phi) is 6.23. The van der Waals surface area contributed by atoms with Crippen LogP contribution in [0.1, 0.15) is 43.2 Å². The van der Waals surface area contributed by atoms with Gasteiger partial charge in [0.25, 0.3) is 0 Å². The van der Waals surface area contributed by atoms with Gasteiger partial charge >= 0.3 is 12.1 Å². The van der Waals surface area contributed by atoms with Gasteiger partial charge in [0.15, 0.2) is 0 Å². The van der Waals surface area contributed by atoms with E-state index < -0.39 is 23.5 Å². The Hall–Kier alpha value is -3.39. The summed E-state index contributed by atoms with van der Waals surface area (Å²) >= 11 is 0. The molecule has 2 heterocycles. The van der Waals surface area contributed by atoms with Crippen LogP contribution >= 0.6 is 0 Å². The highest BCUT2D eigenvalue weighted by atomic mass is 16.5. The lowest BCUT2D eigenvalue weighted by Gasteiger charge is -2.32. The number of benzene rings is 2. The fraction of sp³-hybridized carbons (Fsp3) is 0.444. The summed E-state index contributed by atoms with van der Waals surface area (Å²) in [6.45, 7) is 2.74. The smallest absolute Gasteiger partial charge is 0.407 e. The largest absolute Gasteiger partial charge is 0.480 e. The van der Waals surface area contributed by atoms with Crippen molar-refractivity contribution in [3.8, 4) is 11.1 Å². The van der Waals surface area contributed by atoms with Crippen molar-refractivity contribution in [1.82, 2.24) is 10.2 Å². The van der Waals surface area contributed by atoms with Crippen LogP contribution in [0.4, 0.5) is 4.79 Å². The first-order valence-electron chi connectivity index (χ1n) is 12.1. The van der Waals surface area contributed by atoms with Gasteiger partial charge in [0, 0.05) is 19.0 Å². The second kappa shape index (κ2) is 9.34. The maximum absolute atomic E-state index is 13.0. The summed E-state index contributed by atoms with van der Waals surface area (Å²) in [4.78, 5) is 38.6. The Labute approximate surface area is 204 Å². The van der Waals surface area contributed by atoms with Crippen LogP contribution in [-0.4, -0.2) is 65.9 Å². The Bertz CT molecular complexity index is 1100. The number of aliphatic carboxylic acids is 1. The number of carboxylic acid groups (broad SMARTS) is 1. The minimum absolute atomic E-state index is 0.0121. The van der Waals surface area contributed by atoms with Gasteiger partial charge in [0.2, 0.25) is 5.91 Å². The molecule has 2 N–H and O–H groups in total. The molecule has 8 heteroatoms. The zero-order chi connectivity index (χ0) is 24.6. The highest BCUT2D eigenvalue weighted by Crippen LogP contribution is 2.44. The van der Waals surface area contributed by atoms with E-state index in [1.807, 2.05) is 24.3 Å². The monoisotopic (exact) mass is 478 g/mol. The van der Waals surface area contributed by atoms with Crippen molar-refractivity contribution < 1.29 is 29.0 Å². The second-order valence-corrected chi connectivity index (χ2v) is 9.77. The number of carbonyl (C=O) groups excluding carboxylic acids is 2. The van der Waals surface area contributed by atoms with Crippen molar-refractivity contribution in [1.29, 1.82) is 0 Å². The van der Waals surface area contributed by atoms with E-state index >= 15 is 0 Å². The maximum atomic E-state index is 13.0. The maximum Gasteiger partial charge on any atom is 0.407 e. The Morgan fingerprint density at radius 1 is 1.11 bits per heavy atom. The molecule has 184 valence electrons. The summed E-state index contributed by atoms with van der Waals surface area (Å²) in [5.41, 5.74) is 3.48. The summed E-state index contributed by atoms with van der Waals surface area (Å²) in [5, 5.41) is 12.3. The van der Waals surface area contributed by atoms with Gasteiger partial charge in [-0.05, 0) is 48.4 Å². The second-order valence-electron chi connectivity index (χ2n) is 9.77. The number of ether oxygens (including phenoxy) is 2. The van der Waals surface area contributed by atoms with Crippen molar-refractivity contribution in [3.05, 3.63) is 59.7 Å². The van der Waals surface area contributed by atoms with Gasteiger partial charge in [0.1, 0.15) is 12.1 Å². The molecule has 0 aromatic heterocycles. The quantitative estimate of drug-likeness (QED) is 0.659. The zero-order valence-corrected chi connectivity index (χ0v) is 19.7. The van der Waals surface area contributed by atoms with Gasteiger partial charge in [-0.15, -0.1) is 0 Å². The molecule has 3 atom stereocenters. The first-order chi connectivity index (χ1) is 16.9. The van der Waals surface area contributed by atoms with E-state index in [1.54, 1.807) is 6.92 Å². The number of likely N-dealkylation sites (tertiary alicyclic amines) is 1. The minimum atomic E-state index is -1.16. The standard InChI is InChI=1S/C27H30N2O6/c1-27(25(31)32)11-6-12-29(27)24(30)17-13-18(34-15-17)14-28-26(33)35-16-23-21-9-4-2-7-19(21)20-8-3-5-10-22(20)23/h2-5,7-10,17-18,23H,6,11-16H2,1H3,(H,28,33)(H,31,32). The van der Waals surface area contributed by atoms with Crippen LogP contribution in [0.15, 0.2) is 48.5 Å². The molecule has 1 aliphatic carbocycles. The molecule has 5 rings (SSSR count). The molecule has 3 aliphatic rings. The number of carbonyl (C=O) groups is 3. The van der Waals surface area contributed by atoms with Crippen molar-refractivity contribution in [2.24, 2.45) is 5.92 Å². The number of alkyl carbamates (subject to hydrolysis) is 1. The van der Waals surface area contributed by atoms with Crippen LogP contribution in [0.5, 0.6) is 0 Å². The number of amides is 2. The van der Waals surface area contributed by atoms with E-state index in [0.717, 1.165) is 11.1 Å². The Morgan fingerprint density at radius 2 is 1.77 bits per heavy atom. The predicted octanol–water partition coefficient (Wildman–Crippen LogP) is 3.40. The van der Waals surface area contributed by atoms with E-state index in [4.69, 9.17) is 9.47 Å². The van der Waals surface area contributed by atoms with Crippen molar-refractivity contribution >= 4 is 18.0 Å². The lowest BCUT2D eigenvalue weighted by atomic mass is 9.96. The van der Waals surface area contributed by atoms with Gasteiger partial charge in [-0.2, -0.15) is 0 Å². The molecule has 2 aliphatic heterocycles. The fourth-order valence-corrected chi connectivity index (χ4v) is 5.63. The number of rotatable bonds is 6. The summed E-state index contributed by atoms with van der Waals surface area (Å²) < 4.78 is 11.3. The van der Waals surface area contributed by atoms with Crippen LogP contribution in [0.25, 0.3) is 11.1 Å². The molecule has 35 heavy (non-hydrogen) atoms. The normalized spacial score (nSPS) is 25.2. The number of nitrogens with zero attached hydrogens (tertiary/aromatic N) is 1. The van der Waals surface area contributed by atoms with Crippen molar-refractivity contribution in [2.75, 3.05) is 26.3 Å². The Balaban J connectivity index is 1.12. The molecule has 0 saturated carbocycles. The van der Waals surface area contributed by atoms with Gasteiger partial charge < -0.3 is 24.8 Å². The minimum Gasteiger partial charge on any atom is -0.480 e. The highest BCUT2D eigenvalue weighted by molar-refractivity contribution is 5.88. The summed E-state index contributed by atoms with van der Waals surface area (Å²) in [6.07, 6.45) is 0.726. The molecule has 2 saturated heterocycles. The molecule has 0 radical (unpaired) electrons. The van der Waals surface area contributed by atoms with E-state index in [1.165, 1.54) is 16.0 Å². The third-order valence-corrected chi connectivity index (χ3v) is 7.62. The van der Waals surface area contributed by atoms with Crippen LogP contribution < -0.4 is 5.32 Å².